The van der Waals surface area contributed by atoms with E-state index in [-0.39, 0.29) is 23.8 Å². The van der Waals surface area contributed by atoms with Crippen molar-refractivity contribution >= 4 is 43.5 Å². The SMILES string of the molecule is CCCCNC(=O)C(Cc1ccccc1)N(Cc1cccc(Br)c1)C(=O)CN(c1ccc(C)cc1C)S(=O)(=O)c1ccc(C)cc1. The minimum absolute atomic E-state index is 0.0857. The van der Waals surface area contributed by atoms with Gasteiger partial charge in [0.25, 0.3) is 10.0 Å². The maximum Gasteiger partial charge on any atom is 0.264 e. The fourth-order valence-corrected chi connectivity index (χ4v) is 7.25. The van der Waals surface area contributed by atoms with Gasteiger partial charge in [0.15, 0.2) is 0 Å². The number of rotatable bonds is 14. The van der Waals surface area contributed by atoms with Gasteiger partial charge in [-0.05, 0) is 74.2 Å². The second kappa shape index (κ2) is 16.1. The molecule has 2 amide bonds. The molecular formula is C37H42BrN3O4S. The van der Waals surface area contributed by atoms with E-state index in [9.17, 15) is 18.0 Å². The molecule has 242 valence electrons. The smallest absolute Gasteiger partial charge is 0.264 e. The maximum absolute atomic E-state index is 14.6. The van der Waals surface area contributed by atoms with E-state index in [2.05, 4.69) is 21.2 Å². The first-order valence-corrected chi connectivity index (χ1v) is 17.7. The highest BCUT2D eigenvalue weighted by Crippen LogP contribution is 2.29. The molecule has 4 aromatic rings. The third kappa shape index (κ3) is 9.07. The molecule has 1 N–H and O–H groups in total. The molecule has 0 saturated heterocycles. The van der Waals surface area contributed by atoms with Gasteiger partial charge in [0.05, 0.1) is 10.6 Å². The predicted molar refractivity (Wildman–Crippen MR) is 188 cm³/mol. The van der Waals surface area contributed by atoms with Gasteiger partial charge >= 0.3 is 0 Å². The fourth-order valence-electron chi connectivity index (χ4n) is 5.33. The van der Waals surface area contributed by atoms with Gasteiger partial charge in [-0.3, -0.25) is 13.9 Å². The lowest BCUT2D eigenvalue weighted by molar-refractivity contribution is -0.140. The summed E-state index contributed by atoms with van der Waals surface area (Å²) in [6.45, 7) is 7.82. The number of nitrogens with one attached hydrogen (secondary N) is 1. The van der Waals surface area contributed by atoms with Gasteiger partial charge in [-0.1, -0.05) is 107 Å². The van der Waals surface area contributed by atoms with Crippen molar-refractivity contribution in [3.8, 4) is 0 Å². The number of amides is 2. The van der Waals surface area contributed by atoms with Crippen molar-refractivity contribution in [3.63, 3.8) is 0 Å². The summed E-state index contributed by atoms with van der Waals surface area (Å²) in [5.74, 6) is -0.762. The topological polar surface area (TPSA) is 86.8 Å². The Hall–Kier alpha value is -3.95. The lowest BCUT2D eigenvalue weighted by Crippen LogP contribution is -2.53. The van der Waals surface area contributed by atoms with Crippen LogP contribution in [0.2, 0.25) is 0 Å². The number of hydrogen-bond acceptors (Lipinski definition) is 4. The van der Waals surface area contributed by atoms with Crippen molar-refractivity contribution < 1.29 is 18.0 Å². The second-order valence-electron chi connectivity index (χ2n) is 11.6. The highest BCUT2D eigenvalue weighted by molar-refractivity contribution is 9.10. The monoisotopic (exact) mass is 703 g/mol. The van der Waals surface area contributed by atoms with Crippen molar-refractivity contribution in [1.29, 1.82) is 0 Å². The normalized spacial score (nSPS) is 11.9. The fraction of sp³-hybridized carbons (Fsp3) is 0.297. The van der Waals surface area contributed by atoms with Crippen molar-refractivity contribution in [1.82, 2.24) is 10.2 Å². The standard InChI is InChI=1S/C37H42BrN3O4S/c1-5-6-21-39-37(43)35(24-30-11-8-7-9-12-30)40(25-31-13-10-14-32(38)23-31)36(42)26-41(34-20-17-28(3)22-29(34)4)46(44,45)33-18-15-27(2)16-19-33/h7-20,22-23,35H,5-6,21,24-26H2,1-4H3,(H,39,43). The Morgan fingerprint density at radius 3 is 2.15 bits per heavy atom. The van der Waals surface area contributed by atoms with E-state index in [1.54, 1.807) is 30.3 Å². The van der Waals surface area contributed by atoms with Gasteiger partial charge in [-0.2, -0.15) is 0 Å². The van der Waals surface area contributed by atoms with Crippen LogP contribution in [0.3, 0.4) is 0 Å². The summed E-state index contributed by atoms with van der Waals surface area (Å²) in [5.41, 5.74) is 4.73. The highest BCUT2D eigenvalue weighted by Gasteiger charge is 2.35. The molecule has 46 heavy (non-hydrogen) atoms. The van der Waals surface area contributed by atoms with Gasteiger partial charge in [0, 0.05) is 24.0 Å². The van der Waals surface area contributed by atoms with Gasteiger partial charge in [0.1, 0.15) is 12.6 Å². The molecule has 9 heteroatoms. The van der Waals surface area contributed by atoms with Crippen LogP contribution in [0, 0.1) is 20.8 Å². The van der Waals surface area contributed by atoms with Crippen molar-refractivity contribution in [2.75, 3.05) is 17.4 Å². The Bertz CT molecular complexity index is 1740. The number of aryl methyl sites for hydroxylation is 3. The summed E-state index contributed by atoms with van der Waals surface area (Å²) in [4.78, 5) is 30.1. The van der Waals surface area contributed by atoms with Crippen LogP contribution in [0.1, 0.15) is 47.6 Å². The number of carbonyl (C=O) groups excluding carboxylic acids is 2. The molecule has 1 unspecified atom stereocenters. The largest absolute Gasteiger partial charge is 0.354 e. The van der Waals surface area contributed by atoms with E-state index in [4.69, 9.17) is 0 Å². The first-order chi connectivity index (χ1) is 22.0. The minimum Gasteiger partial charge on any atom is -0.354 e. The average molecular weight is 705 g/mol. The number of unbranched alkanes of at least 4 members (excludes halogenated alkanes) is 1. The Balaban J connectivity index is 1.81. The summed E-state index contributed by atoms with van der Waals surface area (Å²) in [6.07, 6.45) is 1.98. The molecule has 4 aromatic carbocycles. The zero-order valence-electron chi connectivity index (χ0n) is 26.9. The quantitative estimate of drug-likeness (QED) is 0.142. The van der Waals surface area contributed by atoms with Crippen LogP contribution in [-0.4, -0.2) is 44.3 Å². The lowest BCUT2D eigenvalue weighted by Gasteiger charge is -2.34. The van der Waals surface area contributed by atoms with E-state index in [0.717, 1.165) is 45.1 Å². The molecule has 0 fully saturated rings. The zero-order chi connectivity index (χ0) is 33.3. The van der Waals surface area contributed by atoms with Gasteiger partial charge in [0.2, 0.25) is 11.8 Å². The van der Waals surface area contributed by atoms with Gasteiger partial charge < -0.3 is 10.2 Å². The van der Waals surface area contributed by atoms with E-state index in [0.29, 0.717) is 12.2 Å². The first-order valence-electron chi connectivity index (χ1n) is 15.5. The van der Waals surface area contributed by atoms with Crippen LogP contribution in [0.5, 0.6) is 0 Å². The summed E-state index contributed by atoms with van der Waals surface area (Å²) in [7, 11) is -4.16. The molecule has 0 aliphatic carbocycles. The number of benzene rings is 4. The molecular weight excluding hydrogens is 662 g/mol. The van der Waals surface area contributed by atoms with Crippen LogP contribution in [0.4, 0.5) is 5.69 Å². The first kappa shape index (κ1) is 34.9. The van der Waals surface area contributed by atoms with Gasteiger partial charge in [-0.15, -0.1) is 0 Å². The number of anilines is 1. The third-order valence-electron chi connectivity index (χ3n) is 7.85. The molecule has 4 rings (SSSR count). The average Bonchev–Trinajstić information content (AvgIpc) is 3.02. The van der Waals surface area contributed by atoms with Crippen molar-refractivity contribution in [2.45, 2.75) is 64.4 Å². The third-order valence-corrected chi connectivity index (χ3v) is 10.1. The number of hydrogen-bond donors (Lipinski definition) is 1. The molecule has 0 aliphatic heterocycles. The van der Waals surface area contributed by atoms with Crippen LogP contribution in [-0.2, 0) is 32.6 Å². The molecule has 0 aliphatic rings. The predicted octanol–water partition coefficient (Wildman–Crippen LogP) is 7.13. The Labute approximate surface area is 281 Å². The number of nitrogens with zero attached hydrogens (tertiary/aromatic N) is 2. The van der Waals surface area contributed by atoms with Crippen molar-refractivity contribution in [3.05, 3.63) is 129 Å². The summed E-state index contributed by atoms with van der Waals surface area (Å²) in [5, 5.41) is 3.02. The van der Waals surface area contributed by atoms with Crippen LogP contribution in [0.15, 0.2) is 106 Å². The molecule has 7 nitrogen and oxygen atoms in total. The molecule has 0 radical (unpaired) electrons. The van der Waals surface area contributed by atoms with E-state index in [1.165, 1.54) is 9.21 Å². The van der Waals surface area contributed by atoms with Crippen molar-refractivity contribution in [2.24, 2.45) is 0 Å². The summed E-state index contributed by atoms with van der Waals surface area (Å²) < 4.78 is 30.6. The van der Waals surface area contributed by atoms with Crippen LogP contribution >= 0.6 is 15.9 Å². The zero-order valence-corrected chi connectivity index (χ0v) is 29.3. The molecule has 0 spiro atoms. The van der Waals surface area contributed by atoms with E-state index in [1.807, 2.05) is 94.4 Å². The Morgan fingerprint density at radius 2 is 1.50 bits per heavy atom. The Morgan fingerprint density at radius 1 is 0.826 bits per heavy atom. The molecule has 0 heterocycles. The van der Waals surface area contributed by atoms with Crippen LogP contribution < -0.4 is 9.62 Å². The molecule has 0 bridgehead atoms. The summed E-state index contributed by atoms with van der Waals surface area (Å²) >= 11 is 3.52. The lowest BCUT2D eigenvalue weighted by atomic mass is 10.0. The number of sulfonamides is 1. The minimum atomic E-state index is -4.16. The van der Waals surface area contributed by atoms with Gasteiger partial charge in [-0.25, -0.2) is 8.42 Å². The number of carbonyl (C=O) groups is 2. The molecule has 0 aromatic heterocycles. The number of halogens is 1. The van der Waals surface area contributed by atoms with Crippen LogP contribution in [0.25, 0.3) is 0 Å². The maximum atomic E-state index is 14.6. The molecule has 0 saturated carbocycles. The highest BCUT2D eigenvalue weighted by atomic mass is 79.9. The molecule has 1 atom stereocenters. The summed E-state index contributed by atoms with van der Waals surface area (Å²) in [6, 6.07) is 28.3. The van der Waals surface area contributed by atoms with E-state index >= 15 is 0 Å². The second-order valence-corrected chi connectivity index (χ2v) is 14.4. The van der Waals surface area contributed by atoms with E-state index < -0.39 is 28.5 Å². The Kier molecular flexibility index (Phi) is 12.2.